The van der Waals surface area contributed by atoms with Crippen LogP contribution in [0.5, 0.6) is 0 Å². The van der Waals surface area contributed by atoms with Crippen LogP contribution in [-0.2, 0) is 65.4 Å². The molecule has 97 heavy (non-hydrogen) atoms. The van der Waals surface area contributed by atoms with Crippen molar-refractivity contribution in [2.45, 2.75) is 426 Å². The van der Waals surface area contributed by atoms with Gasteiger partial charge in [-0.25, -0.2) is 9.13 Å². The normalized spacial score (nSPS) is 14.5. The second-order valence-electron chi connectivity index (χ2n) is 28.6. The summed E-state index contributed by atoms with van der Waals surface area (Å²) in [7, 11) is -9.91. The zero-order valence-electron chi connectivity index (χ0n) is 63.4. The molecule has 0 rings (SSSR count). The Kier molecular flexibility index (Phi) is 68.4. The summed E-state index contributed by atoms with van der Waals surface area (Å²) < 4.78 is 68.5. The van der Waals surface area contributed by atoms with E-state index in [0.29, 0.717) is 25.7 Å². The fraction of sp³-hybridized carbons (Fsp3) is 0.949. The number of phosphoric ester groups is 2. The molecule has 3 N–H and O–H groups in total. The molecule has 0 amide bonds. The van der Waals surface area contributed by atoms with Crippen molar-refractivity contribution in [3.05, 3.63) is 0 Å². The van der Waals surface area contributed by atoms with Gasteiger partial charge in [0, 0.05) is 25.7 Å². The molecule has 576 valence electrons. The highest BCUT2D eigenvalue weighted by molar-refractivity contribution is 7.47. The molecule has 4 unspecified atom stereocenters. The smallest absolute Gasteiger partial charge is 0.462 e. The fourth-order valence-electron chi connectivity index (χ4n) is 11.9. The molecule has 19 heteroatoms. The predicted molar refractivity (Wildman–Crippen MR) is 395 cm³/mol. The predicted octanol–water partition coefficient (Wildman–Crippen LogP) is 23.1. The number of phosphoric acid groups is 2. The van der Waals surface area contributed by atoms with Crippen LogP contribution in [0.3, 0.4) is 0 Å². The van der Waals surface area contributed by atoms with Gasteiger partial charge in [-0.05, 0) is 37.5 Å². The van der Waals surface area contributed by atoms with E-state index in [-0.39, 0.29) is 25.7 Å². The Morgan fingerprint density at radius 1 is 0.289 bits per heavy atom. The van der Waals surface area contributed by atoms with Crippen LogP contribution < -0.4 is 0 Å². The van der Waals surface area contributed by atoms with Gasteiger partial charge in [0.05, 0.1) is 26.4 Å². The highest BCUT2D eigenvalue weighted by Gasteiger charge is 2.30. The number of esters is 4. The highest BCUT2D eigenvalue weighted by Crippen LogP contribution is 2.45. The number of rotatable bonds is 77. The average Bonchev–Trinajstić information content (AvgIpc) is 1.86. The van der Waals surface area contributed by atoms with E-state index < -0.39 is 97.5 Å². The summed E-state index contributed by atoms with van der Waals surface area (Å²) in [6, 6.07) is 0. The number of hydrogen-bond acceptors (Lipinski definition) is 15. The monoisotopic (exact) mass is 1420 g/mol. The molecule has 7 atom stereocenters. The Hall–Kier alpha value is -1.94. The van der Waals surface area contributed by atoms with Crippen molar-refractivity contribution >= 4 is 39.5 Å². The third kappa shape index (κ3) is 69.5. The first kappa shape index (κ1) is 95.1. The third-order valence-corrected chi connectivity index (χ3v) is 20.8. The molecule has 0 fully saturated rings. The number of carbonyl (C=O) groups excluding carboxylic acids is 4. The summed E-state index contributed by atoms with van der Waals surface area (Å²) >= 11 is 0. The van der Waals surface area contributed by atoms with Gasteiger partial charge in [-0.2, -0.15) is 0 Å². The first-order chi connectivity index (χ1) is 46.9. The van der Waals surface area contributed by atoms with Crippen LogP contribution in [0, 0.1) is 11.8 Å². The molecule has 0 saturated heterocycles. The Morgan fingerprint density at radius 2 is 0.495 bits per heavy atom. The van der Waals surface area contributed by atoms with Gasteiger partial charge in [-0.3, -0.25) is 37.3 Å². The van der Waals surface area contributed by atoms with Gasteiger partial charge in [0.25, 0.3) is 0 Å². The molecule has 0 aliphatic heterocycles. The summed E-state index contributed by atoms with van der Waals surface area (Å²) in [5.41, 5.74) is 0. The Bertz CT molecular complexity index is 1880. The van der Waals surface area contributed by atoms with Crippen LogP contribution >= 0.6 is 15.6 Å². The van der Waals surface area contributed by atoms with Gasteiger partial charge in [-0.15, -0.1) is 0 Å². The number of carbonyl (C=O) groups is 4. The third-order valence-electron chi connectivity index (χ3n) is 18.9. The molecular weight excluding hydrogens is 1270 g/mol. The number of aliphatic hydroxyl groups is 1. The van der Waals surface area contributed by atoms with Crippen molar-refractivity contribution in [2.24, 2.45) is 11.8 Å². The molecule has 0 bridgehead atoms. The Labute approximate surface area is 594 Å². The van der Waals surface area contributed by atoms with E-state index in [1.807, 2.05) is 0 Å². The van der Waals surface area contributed by atoms with Crippen molar-refractivity contribution in [2.75, 3.05) is 39.6 Å². The van der Waals surface area contributed by atoms with Gasteiger partial charge in [0.15, 0.2) is 12.2 Å². The Morgan fingerprint density at radius 3 is 0.732 bits per heavy atom. The maximum absolute atomic E-state index is 13.1. The second kappa shape index (κ2) is 69.8. The van der Waals surface area contributed by atoms with E-state index in [2.05, 4.69) is 41.5 Å². The summed E-state index contributed by atoms with van der Waals surface area (Å²) in [6.45, 7) is 9.60. The zero-order valence-corrected chi connectivity index (χ0v) is 65.2. The lowest BCUT2D eigenvalue weighted by Crippen LogP contribution is -2.30. The summed E-state index contributed by atoms with van der Waals surface area (Å²) in [5.74, 6) is -0.547. The quantitative estimate of drug-likeness (QED) is 0.0222. The maximum atomic E-state index is 13.1. The molecule has 17 nitrogen and oxygen atoms in total. The van der Waals surface area contributed by atoms with E-state index in [1.54, 1.807) is 0 Å². The molecule has 0 aliphatic carbocycles. The van der Waals surface area contributed by atoms with Crippen molar-refractivity contribution < 1.29 is 80.2 Å². The minimum atomic E-state index is -4.96. The number of hydrogen-bond donors (Lipinski definition) is 3. The second-order valence-corrected chi connectivity index (χ2v) is 31.5. The van der Waals surface area contributed by atoms with E-state index in [1.165, 1.54) is 225 Å². The van der Waals surface area contributed by atoms with Gasteiger partial charge < -0.3 is 33.8 Å². The van der Waals surface area contributed by atoms with Crippen LogP contribution in [0.15, 0.2) is 0 Å². The summed E-state index contributed by atoms with van der Waals surface area (Å²) in [5, 5.41) is 10.6. The molecule has 0 radical (unpaired) electrons. The average molecular weight is 1420 g/mol. The molecule has 0 aromatic carbocycles. The van der Waals surface area contributed by atoms with Crippen LogP contribution in [0.25, 0.3) is 0 Å². The van der Waals surface area contributed by atoms with E-state index in [9.17, 15) is 43.2 Å². The van der Waals surface area contributed by atoms with Crippen LogP contribution in [0.2, 0.25) is 0 Å². The van der Waals surface area contributed by atoms with E-state index in [0.717, 1.165) is 102 Å². The number of ether oxygens (including phenoxy) is 4. The summed E-state index contributed by atoms with van der Waals surface area (Å²) in [4.78, 5) is 72.8. The number of unbranched alkanes of at least 4 members (excludes halogenated alkanes) is 45. The maximum Gasteiger partial charge on any atom is 0.472 e. The highest BCUT2D eigenvalue weighted by atomic mass is 31.2. The Balaban J connectivity index is 5.20. The number of aliphatic hydroxyl groups excluding tert-OH is 1. The minimum Gasteiger partial charge on any atom is -0.462 e. The molecule has 0 aromatic heterocycles. The standard InChI is InChI=1S/C78H152O17P2/c1-7-11-13-15-17-19-20-21-22-23-24-25-26-27-32-35-39-43-50-56-62-77(82)94-73(66-89-76(81)61-55-49-42-38-34-31-29-28-30-33-37-40-46-52-58-70(5)9-3)68-92-96(84,85)90-64-72(79)65-91-97(86,87)93-69-74(67-88-75(80)60-54-48-41-36-18-16-14-12-8-2)95-78(83)63-57-51-45-44-47-53-59-71(6)10-4/h70-74,79H,7-69H2,1-6H3,(H,84,85)(H,86,87)/t70?,71?,72-,73-,74-/m1/s1. The molecular formula is C78H152O17P2. The molecule has 0 spiro atoms. The fourth-order valence-corrected chi connectivity index (χ4v) is 13.5. The van der Waals surface area contributed by atoms with Gasteiger partial charge >= 0.3 is 39.5 Å². The lowest BCUT2D eigenvalue weighted by atomic mass is 9.99. The topological polar surface area (TPSA) is 237 Å². The van der Waals surface area contributed by atoms with E-state index in [4.69, 9.17) is 37.0 Å². The molecule has 0 aliphatic rings. The van der Waals surface area contributed by atoms with Gasteiger partial charge in [0.2, 0.25) is 0 Å². The lowest BCUT2D eigenvalue weighted by Gasteiger charge is -2.21. The first-order valence-corrected chi connectivity index (χ1v) is 43.6. The van der Waals surface area contributed by atoms with Crippen LogP contribution in [0.4, 0.5) is 0 Å². The molecule has 0 aromatic rings. The SMILES string of the molecule is CCCCCCCCCCCCCCCCCCCCCCC(=O)O[C@H](COC(=O)CCCCCCCCCCCCCCCCC(C)CC)COP(=O)(O)OC[C@@H](O)COP(=O)(O)OC[C@@H](COC(=O)CCCCCCCCCCC)OC(=O)CCCCCCCCC(C)CC. The van der Waals surface area contributed by atoms with Gasteiger partial charge in [0.1, 0.15) is 19.3 Å². The minimum absolute atomic E-state index is 0.103. The first-order valence-electron chi connectivity index (χ1n) is 40.6. The van der Waals surface area contributed by atoms with Crippen molar-refractivity contribution in [1.82, 2.24) is 0 Å². The van der Waals surface area contributed by atoms with Crippen LogP contribution in [-0.4, -0.2) is 96.7 Å². The largest absolute Gasteiger partial charge is 0.472 e. The van der Waals surface area contributed by atoms with Crippen molar-refractivity contribution in [1.29, 1.82) is 0 Å². The summed E-state index contributed by atoms with van der Waals surface area (Å²) in [6.07, 6.45) is 58.4. The zero-order chi connectivity index (χ0) is 71.4. The van der Waals surface area contributed by atoms with E-state index >= 15 is 0 Å². The molecule has 0 heterocycles. The van der Waals surface area contributed by atoms with Crippen molar-refractivity contribution in [3.63, 3.8) is 0 Å². The van der Waals surface area contributed by atoms with Crippen LogP contribution in [0.1, 0.15) is 408 Å². The van der Waals surface area contributed by atoms with Crippen molar-refractivity contribution in [3.8, 4) is 0 Å². The van der Waals surface area contributed by atoms with Gasteiger partial charge in [-0.1, -0.05) is 356 Å². The lowest BCUT2D eigenvalue weighted by molar-refractivity contribution is -0.161. The molecule has 0 saturated carbocycles.